The second kappa shape index (κ2) is 30.4. The number of benzene rings is 2. The highest BCUT2D eigenvalue weighted by atomic mass is 35.5. The van der Waals surface area contributed by atoms with E-state index in [1.54, 1.807) is 70.4 Å². The van der Waals surface area contributed by atoms with Crippen LogP contribution in [-0.4, -0.2) is 72.1 Å². The molecule has 0 aliphatic heterocycles. The number of carbonyl (C=O) groups is 2. The number of halogens is 1. The number of fused-ring (bicyclic) bond motifs is 2. The number of aryl methyl sites for hydroxylation is 3. The summed E-state index contributed by atoms with van der Waals surface area (Å²) >= 11 is 0. The number of terminal acetylenes is 1. The van der Waals surface area contributed by atoms with Crippen molar-refractivity contribution in [2.24, 2.45) is 0 Å². The van der Waals surface area contributed by atoms with Gasteiger partial charge in [0.1, 0.15) is 11.3 Å². The number of sulfone groups is 2. The molecule has 71 heavy (non-hydrogen) atoms. The topological polar surface area (TPSA) is 168 Å². The Morgan fingerprint density at radius 3 is 1.54 bits per heavy atom. The van der Waals surface area contributed by atoms with Crippen LogP contribution in [0.4, 0.5) is 0 Å². The summed E-state index contributed by atoms with van der Waals surface area (Å²) in [5.41, 5.74) is 7.98. The number of nitrogens with zero attached hydrogens (tertiary/aromatic N) is 4. The van der Waals surface area contributed by atoms with Crippen molar-refractivity contribution in [3.05, 3.63) is 118 Å². The van der Waals surface area contributed by atoms with Gasteiger partial charge in [-0.25, -0.2) is 31.6 Å². The molecule has 0 amide bonds. The van der Waals surface area contributed by atoms with E-state index < -0.39 is 25.6 Å². The van der Waals surface area contributed by atoms with Crippen LogP contribution in [0.15, 0.2) is 88.9 Å². The Hall–Kier alpha value is -8.13. The van der Waals surface area contributed by atoms with E-state index in [9.17, 15) is 21.6 Å². The Balaban J connectivity index is 0.000000509. The SMILES string of the molecule is C#CC#CC#CC#CC.CC#CC#CC#CC.CC(=O)O.CCOC(=O)c1c(C)n(Cc2ccc(S(C)(=O)=O)cc2C)c2ncccc12.Cc1cc(S(C)(=O)=O)ccc1Cn1c(C)cc2cccnc21.Cl. The van der Waals surface area contributed by atoms with Crippen LogP contribution in [0.5, 0.6) is 0 Å². The summed E-state index contributed by atoms with van der Waals surface area (Å²) in [6, 6.07) is 20.1. The predicted molar refractivity (Wildman–Crippen MR) is 285 cm³/mol. The lowest BCUT2D eigenvalue weighted by Gasteiger charge is -2.12. The van der Waals surface area contributed by atoms with Gasteiger partial charge < -0.3 is 19.0 Å². The van der Waals surface area contributed by atoms with Gasteiger partial charge in [-0.05, 0) is 191 Å². The molecule has 1 N–H and O–H groups in total. The second-order valence-electron chi connectivity index (χ2n) is 14.7. The van der Waals surface area contributed by atoms with Crippen molar-refractivity contribution in [3.8, 4) is 83.4 Å². The fraction of sp³-hybridized carbons (Fsp3) is 0.250. The molecule has 4 heterocycles. The molecule has 0 spiro atoms. The summed E-state index contributed by atoms with van der Waals surface area (Å²) in [7, 11) is -6.42. The lowest BCUT2D eigenvalue weighted by Crippen LogP contribution is -2.09. The lowest BCUT2D eigenvalue weighted by molar-refractivity contribution is -0.134. The molecule has 6 aromatic rings. The fourth-order valence-corrected chi connectivity index (χ4v) is 7.65. The van der Waals surface area contributed by atoms with Crippen LogP contribution in [0.25, 0.3) is 22.1 Å². The number of hydrogen-bond acceptors (Lipinski definition) is 9. The van der Waals surface area contributed by atoms with Gasteiger partial charge in [-0.3, -0.25) is 4.79 Å². The maximum Gasteiger partial charge on any atom is 0.340 e. The zero-order chi connectivity index (χ0) is 52.4. The third kappa shape index (κ3) is 19.8. The lowest BCUT2D eigenvalue weighted by atomic mass is 10.1. The van der Waals surface area contributed by atoms with Gasteiger partial charge in [0.25, 0.3) is 5.97 Å². The summed E-state index contributed by atoms with van der Waals surface area (Å²) in [6.07, 6.45) is 10.7. The molecule has 0 radical (unpaired) electrons. The standard InChI is InChI=1S/C20H22N2O4S.C17H18N2O2S.C9H4.C8H6.C2H4O2.ClH/c1-5-26-20(23)18-14(3)22(19-17(18)7-6-10-21-19)12-15-8-9-16(11-13(15)2)27(4,24)25;1-12-9-16(22(3,20)21)7-6-15(12)11-19-13(2)10-14-5-4-8-18-17(14)19;1-3-5-7-9-8-6-4-2;1-3-5-7-8-6-4-2;1-2(3)4;/h6-11H,5,12H2,1-4H3;4-10H,11H2,1-3H3;1H,2H3;1-2H3;1H3,(H,3,4);1H. The minimum absolute atomic E-state index is 0. The first-order chi connectivity index (χ1) is 33.2. The van der Waals surface area contributed by atoms with E-state index in [0.717, 1.165) is 57.0 Å². The number of aromatic nitrogens is 4. The van der Waals surface area contributed by atoms with Crippen molar-refractivity contribution in [2.75, 3.05) is 19.1 Å². The number of aliphatic carboxylic acids is 1. The molecule has 0 atom stereocenters. The van der Waals surface area contributed by atoms with E-state index in [-0.39, 0.29) is 18.4 Å². The zero-order valence-corrected chi connectivity index (χ0v) is 44.0. The summed E-state index contributed by atoms with van der Waals surface area (Å²) in [4.78, 5) is 31.0. The van der Waals surface area contributed by atoms with Gasteiger partial charge >= 0.3 is 5.97 Å². The first kappa shape index (κ1) is 60.9. The van der Waals surface area contributed by atoms with Gasteiger partial charge in [0.2, 0.25) is 0 Å². The molecule has 6 rings (SSSR count). The van der Waals surface area contributed by atoms with Crippen molar-refractivity contribution >= 4 is 66.1 Å². The molecule has 15 heteroatoms. The molecule has 4 aromatic heterocycles. The number of ether oxygens (including phenoxy) is 1. The summed E-state index contributed by atoms with van der Waals surface area (Å²) in [5, 5.41) is 9.28. The average molecular weight is 1010 g/mol. The van der Waals surface area contributed by atoms with E-state index in [0.29, 0.717) is 40.7 Å². The molecule has 366 valence electrons. The number of esters is 1. The Kier molecular flexibility index (Phi) is 26.0. The third-order valence-corrected chi connectivity index (χ3v) is 11.7. The van der Waals surface area contributed by atoms with E-state index in [4.69, 9.17) is 21.1 Å². The molecular formula is C56H55ClN4O8S2. The van der Waals surface area contributed by atoms with Crippen LogP contribution in [-0.2, 0) is 42.3 Å². The predicted octanol–water partition coefficient (Wildman–Crippen LogP) is 8.59. The Bertz CT molecular complexity index is 3520. The molecule has 0 aliphatic carbocycles. The number of pyridine rings is 2. The molecule has 2 aromatic carbocycles. The molecule has 0 fully saturated rings. The minimum atomic E-state index is -3.25. The number of carboxylic acids is 1. The number of hydrogen-bond donors (Lipinski definition) is 1. The molecule has 12 nitrogen and oxygen atoms in total. The number of carboxylic acid groups (broad SMARTS) is 1. The van der Waals surface area contributed by atoms with E-state index in [1.807, 2.05) is 55.7 Å². The number of rotatable bonds is 8. The monoisotopic (exact) mass is 1010 g/mol. The fourth-order valence-electron chi connectivity index (χ4n) is 6.24. The summed E-state index contributed by atoms with van der Waals surface area (Å²) in [5.74, 6) is 31.3. The van der Waals surface area contributed by atoms with E-state index in [2.05, 4.69) is 104 Å². The highest BCUT2D eigenvalue weighted by molar-refractivity contribution is 7.91. The summed E-state index contributed by atoms with van der Waals surface area (Å²) < 4.78 is 56.1. The highest BCUT2D eigenvalue weighted by Crippen LogP contribution is 2.27. The second-order valence-corrected chi connectivity index (χ2v) is 18.7. The largest absolute Gasteiger partial charge is 0.481 e. The van der Waals surface area contributed by atoms with Crippen molar-refractivity contribution in [1.29, 1.82) is 0 Å². The first-order valence-corrected chi connectivity index (χ1v) is 25.0. The third-order valence-electron chi connectivity index (χ3n) is 9.45. The van der Waals surface area contributed by atoms with Crippen LogP contribution >= 0.6 is 12.4 Å². The van der Waals surface area contributed by atoms with Crippen molar-refractivity contribution in [2.45, 2.75) is 85.2 Å². The van der Waals surface area contributed by atoms with Crippen molar-refractivity contribution in [3.63, 3.8) is 0 Å². The quantitative estimate of drug-likeness (QED) is 0.115. The van der Waals surface area contributed by atoms with Crippen molar-refractivity contribution in [1.82, 2.24) is 19.1 Å². The van der Waals surface area contributed by atoms with Crippen molar-refractivity contribution < 1.29 is 36.3 Å². The van der Waals surface area contributed by atoms with E-state index >= 15 is 0 Å². The maximum absolute atomic E-state index is 12.4. The number of carbonyl (C=O) groups excluding carboxylic acids is 1. The first-order valence-electron chi connectivity index (χ1n) is 21.2. The smallest absolute Gasteiger partial charge is 0.340 e. The Morgan fingerprint density at radius 1 is 0.662 bits per heavy atom. The van der Waals surface area contributed by atoms with Gasteiger partial charge in [0, 0.05) is 67.1 Å². The molecule has 0 unspecified atom stereocenters. The van der Waals surface area contributed by atoms with Gasteiger partial charge in [0.15, 0.2) is 19.7 Å². The van der Waals surface area contributed by atoms with Gasteiger partial charge in [-0.15, -0.1) is 18.8 Å². The van der Waals surface area contributed by atoms with Crippen LogP contribution in [0.1, 0.15) is 78.6 Å². The van der Waals surface area contributed by atoms with Gasteiger partial charge in [-0.1, -0.05) is 29.9 Å². The summed E-state index contributed by atoms with van der Waals surface area (Å²) in [6.45, 7) is 17.3. The molecule has 0 saturated heterocycles. The van der Waals surface area contributed by atoms with E-state index in [1.165, 1.54) is 12.5 Å². The molecule has 0 bridgehead atoms. The normalized spacial score (nSPS) is 9.38. The Morgan fingerprint density at radius 2 is 1.10 bits per heavy atom. The van der Waals surface area contributed by atoms with Gasteiger partial charge in [0.05, 0.1) is 22.0 Å². The molecular weight excluding hydrogens is 956 g/mol. The van der Waals surface area contributed by atoms with Crippen LogP contribution < -0.4 is 0 Å². The highest BCUT2D eigenvalue weighted by Gasteiger charge is 2.22. The van der Waals surface area contributed by atoms with Gasteiger partial charge in [-0.2, -0.15) is 0 Å². The molecule has 0 aliphatic rings. The van der Waals surface area contributed by atoms with Crippen LogP contribution in [0.3, 0.4) is 0 Å². The average Bonchev–Trinajstić information content (AvgIpc) is 3.77. The molecule has 0 saturated carbocycles. The zero-order valence-electron chi connectivity index (χ0n) is 41.5. The van der Waals surface area contributed by atoms with Crippen LogP contribution in [0, 0.1) is 111 Å². The maximum atomic E-state index is 12.4. The minimum Gasteiger partial charge on any atom is -0.481 e. The Labute approximate surface area is 425 Å². The van der Waals surface area contributed by atoms with Crippen LogP contribution in [0.2, 0.25) is 0 Å².